The summed E-state index contributed by atoms with van der Waals surface area (Å²) >= 11 is 1.29. The fourth-order valence-corrected chi connectivity index (χ4v) is 3.53. The highest BCUT2D eigenvalue weighted by atomic mass is 32.2. The molecule has 0 atom stereocenters. The number of phenols is 1. The standard InChI is InChI=1S/C20H20N2O3S/c1-12-8-9-13(2)15(10-12)21-20-22(3)19(24)17(26-20)11-14-6-5-7-16(25-4)18(14)23/h5-11,23H,1-4H3/b17-11-,21-20?. The number of ether oxygens (including phenoxy) is 1. The molecular formula is C20H20N2O3S. The number of carbonyl (C=O) groups is 1. The monoisotopic (exact) mass is 368 g/mol. The molecule has 1 amide bonds. The van der Waals surface area contributed by atoms with Crippen molar-refractivity contribution in [3.05, 3.63) is 58.0 Å². The van der Waals surface area contributed by atoms with Gasteiger partial charge in [-0.1, -0.05) is 24.3 Å². The van der Waals surface area contributed by atoms with Crippen molar-refractivity contribution in [1.29, 1.82) is 0 Å². The van der Waals surface area contributed by atoms with Crippen molar-refractivity contribution in [2.75, 3.05) is 14.2 Å². The zero-order valence-electron chi connectivity index (χ0n) is 15.1. The van der Waals surface area contributed by atoms with Crippen molar-refractivity contribution < 1.29 is 14.6 Å². The molecule has 1 N–H and O–H groups in total. The SMILES string of the molecule is COc1cccc(/C=C2\SC(=Nc3cc(C)ccc3C)N(C)C2=O)c1O. The zero-order chi connectivity index (χ0) is 18.8. The summed E-state index contributed by atoms with van der Waals surface area (Å²) in [5.74, 6) is 0.229. The minimum absolute atomic E-state index is 0.0125. The molecule has 5 nitrogen and oxygen atoms in total. The molecule has 1 heterocycles. The van der Waals surface area contributed by atoms with Crippen LogP contribution in [0, 0.1) is 13.8 Å². The van der Waals surface area contributed by atoms with Crippen molar-refractivity contribution in [1.82, 2.24) is 4.90 Å². The number of methoxy groups -OCH3 is 1. The van der Waals surface area contributed by atoms with Crippen LogP contribution < -0.4 is 4.74 Å². The number of aliphatic imine (C=N–C) groups is 1. The second-order valence-electron chi connectivity index (χ2n) is 6.06. The van der Waals surface area contributed by atoms with Crippen LogP contribution in [-0.4, -0.2) is 35.2 Å². The van der Waals surface area contributed by atoms with E-state index in [1.54, 1.807) is 31.3 Å². The van der Waals surface area contributed by atoms with E-state index in [0.717, 1.165) is 16.8 Å². The van der Waals surface area contributed by atoms with Gasteiger partial charge in [-0.3, -0.25) is 9.69 Å². The molecule has 0 radical (unpaired) electrons. The molecule has 0 bridgehead atoms. The van der Waals surface area contributed by atoms with Gasteiger partial charge < -0.3 is 9.84 Å². The number of phenolic OH excluding ortho intramolecular Hbond substituents is 1. The van der Waals surface area contributed by atoms with E-state index >= 15 is 0 Å². The van der Waals surface area contributed by atoms with Crippen LogP contribution >= 0.6 is 11.8 Å². The second-order valence-corrected chi connectivity index (χ2v) is 7.07. The lowest BCUT2D eigenvalue weighted by atomic mass is 10.1. The molecule has 0 aromatic heterocycles. The number of benzene rings is 2. The van der Waals surface area contributed by atoms with E-state index in [2.05, 4.69) is 4.99 Å². The molecule has 6 heteroatoms. The van der Waals surface area contributed by atoms with Crippen LogP contribution in [0.4, 0.5) is 5.69 Å². The van der Waals surface area contributed by atoms with Gasteiger partial charge in [-0.05, 0) is 54.9 Å². The van der Waals surface area contributed by atoms with Gasteiger partial charge in [0.2, 0.25) is 0 Å². The van der Waals surface area contributed by atoms with Crippen molar-refractivity contribution in [2.45, 2.75) is 13.8 Å². The molecular weight excluding hydrogens is 348 g/mol. The number of para-hydroxylation sites is 1. The third kappa shape index (κ3) is 3.46. The van der Waals surface area contributed by atoms with Crippen LogP contribution in [0.3, 0.4) is 0 Å². The van der Waals surface area contributed by atoms with Gasteiger partial charge in [0.25, 0.3) is 5.91 Å². The lowest BCUT2D eigenvalue weighted by molar-refractivity contribution is -0.121. The molecule has 1 aliphatic heterocycles. The maximum atomic E-state index is 12.6. The quantitative estimate of drug-likeness (QED) is 0.823. The molecule has 1 fully saturated rings. The van der Waals surface area contributed by atoms with Gasteiger partial charge in [-0.2, -0.15) is 0 Å². The van der Waals surface area contributed by atoms with Crippen LogP contribution in [0.5, 0.6) is 11.5 Å². The third-order valence-corrected chi connectivity index (χ3v) is 5.18. The summed E-state index contributed by atoms with van der Waals surface area (Å²) < 4.78 is 5.12. The number of amidine groups is 1. The van der Waals surface area contributed by atoms with Crippen molar-refractivity contribution in [3.8, 4) is 11.5 Å². The maximum Gasteiger partial charge on any atom is 0.266 e. The van der Waals surface area contributed by atoms with E-state index in [9.17, 15) is 9.90 Å². The van der Waals surface area contributed by atoms with Gasteiger partial charge in [0.1, 0.15) is 0 Å². The summed E-state index contributed by atoms with van der Waals surface area (Å²) in [6.07, 6.45) is 1.66. The molecule has 26 heavy (non-hydrogen) atoms. The van der Waals surface area contributed by atoms with Crippen LogP contribution in [0.1, 0.15) is 16.7 Å². The Morgan fingerprint density at radius 3 is 2.73 bits per heavy atom. The summed E-state index contributed by atoms with van der Waals surface area (Å²) in [7, 11) is 3.19. The zero-order valence-corrected chi connectivity index (χ0v) is 15.9. The number of hydrogen-bond acceptors (Lipinski definition) is 5. The van der Waals surface area contributed by atoms with E-state index in [4.69, 9.17) is 4.74 Å². The number of amides is 1. The highest BCUT2D eigenvalue weighted by molar-refractivity contribution is 8.18. The number of hydrogen-bond donors (Lipinski definition) is 1. The summed E-state index contributed by atoms with van der Waals surface area (Å²) in [4.78, 5) is 19.2. The predicted octanol–water partition coefficient (Wildman–Crippen LogP) is 4.25. The Balaban J connectivity index is 1.97. The van der Waals surface area contributed by atoms with Crippen LogP contribution in [0.15, 0.2) is 46.3 Å². The average molecular weight is 368 g/mol. The van der Waals surface area contributed by atoms with Crippen molar-refractivity contribution in [2.24, 2.45) is 4.99 Å². The minimum Gasteiger partial charge on any atom is -0.504 e. The molecule has 1 saturated heterocycles. The Labute approximate surface area is 157 Å². The lowest BCUT2D eigenvalue weighted by Crippen LogP contribution is -2.23. The Bertz CT molecular complexity index is 935. The molecule has 0 aliphatic carbocycles. The van der Waals surface area contributed by atoms with E-state index < -0.39 is 0 Å². The van der Waals surface area contributed by atoms with Crippen LogP contribution in [0.25, 0.3) is 6.08 Å². The molecule has 2 aromatic rings. The first kappa shape index (κ1) is 18.1. The molecule has 1 aliphatic rings. The van der Waals surface area contributed by atoms with Gasteiger partial charge in [0.15, 0.2) is 16.7 Å². The van der Waals surface area contributed by atoms with Crippen LogP contribution in [-0.2, 0) is 4.79 Å². The first-order valence-corrected chi connectivity index (χ1v) is 8.92. The van der Waals surface area contributed by atoms with Gasteiger partial charge in [0.05, 0.1) is 17.7 Å². The molecule has 3 rings (SSSR count). The van der Waals surface area contributed by atoms with Gasteiger partial charge in [-0.25, -0.2) is 4.99 Å². The molecule has 0 saturated carbocycles. The highest BCUT2D eigenvalue weighted by Gasteiger charge is 2.30. The molecule has 0 unspecified atom stereocenters. The molecule has 0 spiro atoms. The first-order valence-electron chi connectivity index (χ1n) is 8.10. The Morgan fingerprint density at radius 1 is 1.23 bits per heavy atom. The number of aryl methyl sites for hydroxylation is 2. The van der Waals surface area contributed by atoms with Crippen LogP contribution in [0.2, 0.25) is 0 Å². The second kappa shape index (κ2) is 7.25. The number of carbonyl (C=O) groups excluding carboxylic acids is 1. The Morgan fingerprint density at radius 2 is 2.00 bits per heavy atom. The smallest absolute Gasteiger partial charge is 0.266 e. The van der Waals surface area contributed by atoms with E-state index in [1.165, 1.54) is 23.8 Å². The van der Waals surface area contributed by atoms with Crippen molar-refractivity contribution >= 4 is 34.6 Å². The van der Waals surface area contributed by atoms with Gasteiger partial charge in [-0.15, -0.1) is 0 Å². The minimum atomic E-state index is -0.152. The normalized spacial score (nSPS) is 17.4. The topological polar surface area (TPSA) is 62.1 Å². The van der Waals surface area contributed by atoms with Gasteiger partial charge >= 0.3 is 0 Å². The largest absolute Gasteiger partial charge is 0.504 e. The molecule has 2 aromatic carbocycles. The third-order valence-electron chi connectivity index (χ3n) is 4.12. The average Bonchev–Trinajstić information content (AvgIpc) is 2.88. The lowest BCUT2D eigenvalue weighted by Gasteiger charge is -2.08. The Hall–Kier alpha value is -2.73. The molecule has 134 valence electrons. The summed E-state index contributed by atoms with van der Waals surface area (Å²) in [5, 5.41) is 10.8. The Kier molecular flexibility index (Phi) is 5.04. The number of nitrogens with zero attached hydrogens (tertiary/aromatic N) is 2. The summed E-state index contributed by atoms with van der Waals surface area (Å²) in [5.41, 5.74) is 3.54. The summed E-state index contributed by atoms with van der Waals surface area (Å²) in [6, 6.07) is 11.2. The fraction of sp³-hybridized carbons (Fsp3) is 0.200. The predicted molar refractivity (Wildman–Crippen MR) is 106 cm³/mol. The summed E-state index contributed by atoms with van der Waals surface area (Å²) in [6.45, 7) is 4.00. The number of likely N-dealkylation sites (N-methyl/N-ethyl adjacent to an activating group) is 1. The van der Waals surface area contributed by atoms with Gasteiger partial charge in [0, 0.05) is 12.6 Å². The van der Waals surface area contributed by atoms with E-state index in [-0.39, 0.29) is 11.7 Å². The fourth-order valence-electron chi connectivity index (χ4n) is 2.56. The number of rotatable bonds is 3. The highest BCUT2D eigenvalue weighted by Crippen LogP contribution is 2.37. The van der Waals surface area contributed by atoms with Crippen molar-refractivity contribution in [3.63, 3.8) is 0 Å². The maximum absolute atomic E-state index is 12.6. The van der Waals surface area contributed by atoms with E-state index in [0.29, 0.717) is 21.4 Å². The van der Waals surface area contributed by atoms with E-state index in [1.807, 2.05) is 32.0 Å². The first-order chi connectivity index (χ1) is 12.4. The number of thioether (sulfide) groups is 1. The number of aromatic hydroxyl groups is 1.